The minimum absolute atomic E-state index is 0.0171. The topological polar surface area (TPSA) is 82.0 Å². The van der Waals surface area contributed by atoms with Crippen molar-refractivity contribution in [2.45, 2.75) is 87.1 Å². The van der Waals surface area contributed by atoms with Gasteiger partial charge in [0, 0.05) is 11.1 Å². The van der Waals surface area contributed by atoms with Gasteiger partial charge in [0.2, 0.25) is 0 Å². The molecule has 2 N–H and O–H groups in total. The molecule has 0 aromatic carbocycles. The van der Waals surface area contributed by atoms with Crippen LogP contribution >= 0.6 is 0 Å². The third-order valence-corrected chi connectivity index (χ3v) is 5.70. The number of nitrogens with zero attached hydrogens (tertiary/aromatic N) is 2. The van der Waals surface area contributed by atoms with Gasteiger partial charge in [0.1, 0.15) is 11.4 Å². The summed E-state index contributed by atoms with van der Waals surface area (Å²) in [5.41, 5.74) is 0.187. The van der Waals surface area contributed by atoms with Gasteiger partial charge in [0.05, 0.1) is 0 Å². The summed E-state index contributed by atoms with van der Waals surface area (Å²) in [7, 11) is 0. The average molecular weight is 410 g/mol. The summed E-state index contributed by atoms with van der Waals surface area (Å²) in [6.45, 7) is 21.7. The Morgan fingerprint density at radius 3 is 1.90 bits per heavy atom. The zero-order valence-corrected chi connectivity index (χ0v) is 20.1. The minimum Gasteiger partial charge on any atom is -0.478 e. The van der Waals surface area contributed by atoms with Crippen molar-refractivity contribution >= 4 is 17.7 Å². The first-order chi connectivity index (χ1) is 13.5. The number of aliphatic carboxylic acids is 1. The molecule has 1 amide bonds. The molecule has 0 saturated heterocycles. The van der Waals surface area contributed by atoms with E-state index in [1.54, 1.807) is 6.92 Å². The number of carbonyl (C=O) groups excluding carboxylic acids is 1. The number of hydrogen-bond donors (Lipinski definition) is 2. The fourth-order valence-corrected chi connectivity index (χ4v) is 3.21. The molecule has 0 aromatic heterocycles. The van der Waals surface area contributed by atoms with Gasteiger partial charge in [-0.25, -0.2) is 4.79 Å². The van der Waals surface area contributed by atoms with E-state index < -0.39 is 11.5 Å². The van der Waals surface area contributed by atoms with Gasteiger partial charge in [-0.3, -0.25) is 9.79 Å². The molecule has 0 spiro atoms. The number of hydrogen-bond acceptors (Lipinski definition) is 4. The van der Waals surface area contributed by atoms with Crippen molar-refractivity contribution in [3.8, 4) is 0 Å². The lowest BCUT2D eigenvalue weighted by Gasteiger charge is -2.21. The van der Waals surface area contributed by atoms with E-state index in [9.17, 15) is 14.7 Å². The zero-order valence-electron chi connectivity index (χ0n) is 20.1. The summed E-state index contributed by atoms with van der Waals surface area (Å²) in [5.74, 6) is -0.619. The second-order valence-corrected chi connectivity index (χ2v) is 8.29. The Bertz CT molecular complexity index is 599. The first-order valence-corrected chi connectivity index (χ1v) is 11.1. The number of amides is 1. The molecule has 1 aliphatic rings. The van der Waals surface area contributed by atoms with Crippen LogP contribution < -0.4 is 5.32 Å². The van der Waals surface area contributed by atoms with Gasteiger partial charge >= 0.3 is 5.97 Å². The molecule has 6 heteroatoms. The number of unbranched alkanes of at least 4 members (excludes halogenated alkanes) is 1. The minimum atomic E-state index is -0.924. The van der Waals surface area contributed by atoms with Crippen LogP contribution in [0.5, 0.6) is 0 Å². The predicted octanol–water partition coefficient (Wildman–Crippen LogP) is 4.50. The fraction of sp³-hybridized carbons (Fsp3) is 0.783. The maximum Gasteiger partial charge on any atom is 0.331 e. The van der Waals surface area contributed by atoms with Gasteiger partial charge in [-0.05, 0) is 51.2 Å². The van der Waals surface area contributed by atoms with Gasteiger partial charge < -0.3 is 15.3 Å². The Labute approximate surface area is 177 Å². The molecule has 6 nitrogen and oxygen atoms in total. The molecule has 0 saturated carbocycles. The van der Waals surface area contributed by atoms with Crippen molar-refractivity contribution in [2.75, 3.05) is 19.6 Å². The quantitative estimate of drug-likeness (QED) is 0.520. The van der Waals surface area contributed by atoms with Crippen molar-refractivity contribution in [3.63, 3.8) is 0 Å². The van der Waals surface area contributed by atoms with E-state index >= 15 is 0 Å². The number of carboxylic acids is 1. The molecule has 0 fully saturated rings. The van der Waals surface area contributed by atoms with E-state index in [0.717, 1.165) is 12.8 Å². The second kappa shape index (κ2) is 12.8. The lowest BCUT2D eigenvalue weighted by atomic mass is 9.89. The van der Waals surface area contributed by atoms with Crippen molar-refractivity contribution in [1.29, 1.82) is 0 Å². The van der Waals surface area contributed by atoms with Crippen LogP contribution in [0.15, 0.2) is 16.1 Å². The van der Waals surface area contributed by atoms with Gasteiger partial charge in [0.25, 0.3) is 5.91 Å². The average Bonchev–Trinajstić information content (AvgIpc) is 2.95. The third kappa shape index (κ3) is 7.57. The highest BCUT2D eigenvalue weighted by Crippen LogP contribution is 2.30. The fourth-order valence-electron chi connectivity index (χ4n) is 3.21. The van der Waals surface area contributed by atoms with E-state index in [2.05, 4.69) is 36.0 Å². The number of aliphatic imine (C=N–C) groups is 1. The summed E-state index contributed by atoms with van der Waals surface area (Å²) in [6, 6.07) is 0. The molecule has 0 aromatic rings. The van der Waals surface area contributed by atoms with Gasteiger partial charge in [-0.15, -0.1) is 0 Å². The summed E-state index contributed by atoms with van der Waals surface area (Å²) in [4.78, 5) is 30.9. The molecular weight excluding hydrogens is 366 g/mol. The van der Waals surface area contributed by atoms with Crippen LogP contribution in [-0.4, -0.2) is 52.9 Å². The molecule has 29 heavy (non-hydrogen) atoms. The van der Waals surface area contributed by atoms with Gasteiger partial charge in [-0.2, -0.15) is 0 Å². The van der Waals surface area contributed by atoms with Crippen LogP contribution in [0.25, 0.3) is 0 Å². The van der Waals surface area contributed by atoms with Crippen molar-refractivity contribution in [3.05, 3.63) is 11.1 Å². The smallest absolute Gasteiger partial charge is 0.331 e. The number of rotatable bonds is 10. The number of amidine groups is 1. The van der Waals surface area contributed by atoms with E-state index in [1.807, 2.05) is 34.6 Å². The highest BCUT2D eigenvalue weighted by molar-refractivity contribution is 6.17. The Morgan fingerprint density at radius 1 is 1.10 bits per heavy atom. The molecular formula is C23H43N3O3. The SMILES string of the molecule is CCCCC(C(=O)O)=C(C1=NC(C)(C(C)C)C(=O)N1)C(C)C.CCN(CC)CC. The van der Waals surface area contributed by atoms with Crippen LogP contribution in [0, 0.1) is 11.8 Å². The Morgan fingerprint density at radius 2 is 1.62 bits per heavy atom. The molecule has 0 bridgehead atoms. The zero-order chi connectivity index (χ0) is 22.8. The lowest BCUT2D eigenvalue weighted by molar-refractivity contribution is -0.133. The molecule has 1 atom stereocenters. The molecule has 0 aliphatic carbocycles. The first kappa shape index (κ1) is 27.3. The normalized spacial score (nSPS) is 19.7. The van der Waals surface area contributed by atoms with E-state index in [0.29, 0.717) is 23.4 Å². The highest BCUT2D eigenvalue weighted by Gasteiger charge is 2.43. The Kier molecular flexibility index (Phi) is 12.0. The largest absolute Gasteiger partial charge is 0.478 e. The highest BCUT2D eigenvalue weighted by atomic mass is 16.4. The van der Waals surface area contributed by atoms with Crippen molar-refractivity contribution in [2.24, 2.45) is 16.8 Å². The summed E-state index contributed by atoms with van der Waals surface area (Å²) >= 11 is 0. The summed E-state index contributed by atoms with van der Waals surface area (Å²) in [5, 5.41) is 12.4. The van der Waals surface area contributed by atoms with Crippen LogP contribution in [-0.2, 0) is 9.59 Å². The molecule has 0 radical (unpaired) electrons. The number of carboxylic acid groups (broad SMARTS) is 1. The molecule has 1 rings (SSSR count). The number of carbonyl (C=O) groups is 2. The van der Waals surface area contributed by atoms with Crippen molar-refractivity contribution < 1.29 is 14.7 Å². The second-order valence-electron chi connectivity index (χ2n) is 8.29. The monoisotopic (exact) mass is 409 g/mol. The standard InChI is InChI=1S/C17H28N2O3.C6H15N/c1-7-8-9-12(15(20)21)13(10(2)3)14-18-16(22)17(6,19-14)11(4)5;1-4-7(5-2)6-3/h10-11H,7-9H2,1-6H3,(H,20,21)(H,18,19,22);4-6H2,1-3H3. The molecule has 1 unspecified atom stereocenters. The molecule has 1 heterocycles. The number of nitrogens with one attached hydrogen (secondary N) is 1. The van der Waals surface area contributed by atoms with Crippen LogP contribution in [0.1, 0.15) is 81.6 Å². The summed E-state index contributed by atoms with van der Waals surface area (Å²) in [6.07, 6.45) is 2.22. The van der Waals surface area contributed by atoms with Crippen LogP contribution in [0.3, 0.4) is 0 Å². The van der Waals surface area contributed by atoms with E-state index in [-0.39, 0.29) is 17.7 Å². The van der Waals surface area contributed by atoms with E-state index in [1.165, 1.54) is 19.6 Å². The van der Waals surface area contributed by atoms with Gasteiger partial charge in [-0.1, -0.05) is 61.8 Å². The van der Waals surface area contributed by atoms with Crippen LogP contribution in [0.2, 0.25) is 0 Å². The van der Waals surface area contributed by atoms with E-state index in [4.69, 9.17) is 0 Å². The predicted molar refractivity (Wildman–Crippen MR) is 121 cm³/mol. The van der Waals surface area contributed by atoms with Crippen molar-refractivity contribution in [1.82, 2.24) is 10.2 Å². The summed E-state index contributed by atoms with van der Waals surface area (Å²) < 4.78 is 0. The van der Waals surface area contributed by atoms with Gasteiger partial charge in [0.15, 0.2) is 0 Å². The first-order valence-electron chi connectivity index (χ1n) is 11.1. The molecule has 1 aliphatic heterocycles. The maximum absolute atomic E-state index is 12.3. The maximum atomic E-state index is 12.3. The van der Waals surface area contributed by atoms with Crippen LogP contribution in [0.4, 0.5) is 0 Å². The molecule has 168 valence electrons. The Hall–Kier alpha value is -1.69. The third-order valence-electron chi connectivity index (χ3n) is 5.70. The Balaban J connectivity index is 0.000000956. The lowest BCUT2D eigenvalue weighted by Crippen LogP contribution is -2.41.